The van der Waals surface area contributed by atoms with E-state index in [1.54, 1.807) is 6.07 Å². The van der Waals surface area contributed by atoms with E-state index in [-0.39, 0.29) is 0 Å². The first kappa shape index (κ1) is 14.3. The van der Waals surface area contributed by atoms with Gasteiger partial charge in [0, 0.05) is 5.56 Å². The smallest absolute Gasteiger partial charge is 0.341 e. The lowest BCUT2D eigenvalue weighted by molar-refractivity contribution is -0.108. The van der Waals surface area contributed by atoms with E-state index in [1.807, 2.05) is 37.3 Å². The van der Waals surface area contributed by atoms with Gasteiger partial charge in [-0.05, 0) is 29.7 Å². The molecule has 22 heavy (non-hydrogen) atoms. The van der Waals surface area contributed by atoms with Crippen LogP contribution in [0.3, 0.4) is 0 Å². The second-order valence-corrected chi connectivity index (χ2v) is 5.32. The summed E-state index contributed by atoms with van der Waals surface area (Å²) in [6.07, 6.45) is 0.896. The minimum Gasteiger partial charge on any atom is -0.488 e. The molecule has 1 aliphatic heterocycles. The van der Waals surface area contributed by atoms with Crippen molar-refractivity contribution in [2.24, 2.45) is 0 Å². The summed E-state index contributed by atoms with van der Waals surface area (Å²) in [4.78, 5) is 23.8. The van der Waals surface area contributed by atoms with Gasteiger partial charge >= 0.3 is 5.97 Å². The van der Waals surface area contributed by atoms with Gasteiger partial charge in [0.1, 0.15) is 24.2 Å². The highest BCUT2D eigenvalue weighted by atomic mass is 16.5. The molecule has 4 nitrogen and oxygen atoms in total. The average Bonchev–Trinajstić information content (AvgIpc) is 2.69. The predicted molar refractivity (Wildman–Crippen MR) is 81.2 cm³/mol. The van der Waals surface area contributed by atoms with Crippen molar-refractivity contribution in [1.29, 1.82) is 0 Å². The Hall–Kier alpha value is -2.62. The van der Waals surface area contributed by atoms with Crippen LogP contribution < -0.4 is 4.74 Å². The van der Waals surface area contributed by atoms with Crippen LogP contribution in [0.4, 0.5) is 0 Å². The summed E-state index contributed by atoms with van der Waals surface area (Å²) in [5, 5.41) is 0. The quantitative estimate of drug-likeness (QED) is 0.631. The first-order chi connectivity index (χ1) is 10.7. The first-order valence-corrected chi connectivity index (χ1v) is 7.04. The Morgan fingerprint density at radius 3 is 2.77 bits per heavy atom. The summed E-state index contributed by atoms with van der Waals surface area (Å²) in [5.74, 6) is -0.474. The number of benzene rings is 2. The van der Waals surface area contributed by atoms with Crippen LogP contribution in [0.2, 0.25) is 0 Å². The zero-order valence-corrected chi connectivity index (χ0v) is 12.5. The molecule has 112 valence electrons. The van der Waals surface area contributed by atoms with Gasteiger partial charge in [0.2, 0.25) is 0 Å². The fraction of sp³-hybridized carbons (Fsp3) is 0.222. The zero-order valence-electron chi connectivity index (χ0n) is 12.5. The molecule has 0 saturated carbocycles. The molecule has 1 aliphatic rings. The summed E-state index contributed by atoms with van der Waals surface area (Å²) < 4.78 is 10.7. The number of hydrogen-bond acceptors (Lipinski definition) is 4. The van der Waals surface area contributed by atoms with Crippen molar-refractivity contribution in [3.05, 3.63) is 64.2 Å². The predicted octanol–water partition coefficient (Wildman–Crippen LogP) is 3.00. The monoisotopic (exact) mass is 296 g/mol. The van der Waals surface area contributed by atoms with Crippen LogP contribution in [0.1, 0.15) is 38.5 Å². The van der Waals surface area contributed by atoms with E-state index >= 15 is 0 Å². The average molecular weight is 296 g/mol. The highest BCUT2D eigenvalue weighted by molar-refractivity contribution is 5.94. The molecule has 4 heteroatoms. The van der Waals surface area contributed by atoms with Crippen LogP contribution in [-0.2, 0) is 16.1 Å². The number of ether oxygens (including phenoxy) is 2. The van der Waals surface area contributed by atoms with Crippen LogP contribution in [-0.4, -0.2) is 19.4 Å². The Morgan fingerprint density at radius 2 is 2.05 bits per heavy atom. The minimum atomic E-state index is -0.462. The van der Waals surface area contributed by atoms with Crippen molar-refractivity contribution in [1.82, 2.24) is 0 Å². The molecular formula is C18H16O4. The molecule has 2 aromatic rings. The fourth-order valence-corrected chi connectivity index (χ4v) is 2.89. The molecule has 0 spiro atoms. The second-order valence-electron chi connectivity index (χ2n) is 5.32. The van der Waals surface area contributed by atoms with Crippen LogP contribution in [0, 0.1) is 6.92 Å². The molecule has 0 aliphatic carbocycles. The maximum atomic E-state index is 12.0. The van der Waals surface area contributed by atoms with Crippen LogP contribution >= 0.6 is 0 Å². The highest BCUT2D eigenvalue weighted by Gasteiger charge is 2.28. The molecule has 0 aromatic heterocycles. The highest BCUT2D eigenvalue weighted by Crippen LogP contribution is 2.39. The van der Waals surface area contributed by atoms with E-state index in [0.717, 1.165) is 23.0 Å². The lowest BCUT2D eigenvalue weighted by atomic mass is 9.88. The van der Waals surface area contributed by atoms with Crippen LogP contribution in [0.25, 0.3) is 0 Å². The Bertz CT molecular complexity index is 749. The van der Waals surface area contributed by atoms with Crippen molar-refractivity contribution in [2.75, 3.05) is 7.11 Å². The minimum absolute atomic E-state index is 0.320. The van der Waals surface area contributed by atoms with Crippen molar-refractivity contribution in [2.45, 2.75) is 19.4 Å². The largest absolute Gasteiger partial charge is 0.488 e. The maximum absolute atomic E-state index is 12.0. The first-order valence-electron chi connectivity index (χ1n) is 7.04. The van der Waals surface area contributed by atoms with E-state index < -0.39 is 11.9 Å². The zero-order chi connectivity index (χ0) is 15.7. The molecule has 1 atom stereocenters. The normalized spacial score (nSPS) is 15.8. The Morgan fingerprint density at radius 1 is 1.27 bits per heavy atom. The number of carbonyl (C=O) groups is 2. The molecule has 3 rings (SSSR count). The maximum Gasteiger partial charge on any atom is 0.341 e. The van der Waals surface area contributed by atoms with E-state index in [0.29, 0.717) is 23.5 Å². The van der Waals surface area contributed by atoms with Gasteiger partial charge in [-0.3, -0.25) is 0 Å². The number of methoxy groups -OCH3 is 1. The summed E-state index contributed by atoms with van der Waals surface area (Å²) in [5.41, 5.74) is 3.81. The van der Waals surface area contributed by atoms with Gasteiger partial charge in [-0.25, -0.2) is 4.79 Å². The fourth-order valence-electron chi connectivity index (χ4n) is 2.89. The molecular weight excluding hydrogens is 280 g/mol. The molecule has 2 aromatic carbocycles. The Balaban J connectivity index is 2.26. The lowest BCUT2D eigenvalue weighted by Crippen LogP contribution is -2.09. The molecule has 0 amide bonds. The molecule has 0 bridgehead atoms. The van der Waals surface area contributed by atoms with Gasteiger partial charge in [0.25, 0.3) is 0 Å². The van der Waals surface area contributed by atoms with E-state index in [9.17, 15) is 9.59 Å². The molecule has 0 saturated heterocycles. The number of hydrogen-bond donors (Lipinski definition) is 0. The van der Waals surface area contributed by atoms with E-state index in [1.165, 1.54) is 7.11 Å². The summed E-state index contributed by atoms with van der Waals surface area (Å²) in [7, 11) is 1.33. The second kappa shape index (κ2) is 5.64. The molecule has 1 unspecified atom stereocenters. The number of aldehydes is 1. The number of aryl methyl sites for hydroxylation is 1. The number of rotatable bonds is 2. The Labute approximate surface area is 128 Å². The standard InChI is InChI=1S/C18H16O4/c1-11-7-14-16(9-19)13-6-4-3-5-12(13)10-22-17(14)15(8-11)18(20)21-2/h3-9,16H,10H2,1-2H3. The molecule has 0 radical (unpaired) electrons. The third-order valence-electron chi connectivity index (χ3n) is 3.90. The third kappa shape index (κ3) is 2.26. The van der Waals surface area contributed by atoms with E-state index in [2.05, 4.69) is 0 Å². The van der Waals surface area contributed by atoms with Crippen molar-refractivity contribution in [3.8, 4) is 5.75 Å². The van der Waals surface area contributed by atoms with Gasteiger partial charge in [-0.15, -0.1) is 0 Å². The van der Waals surface area contributed by atoms with Crippen LogP contribution in [0.5, 0.6) is 5.75 Å². The summed E-state index contributed by atoms with van der Waals surface area (Å²) in [6.45, 7) is 2.20. The van der Waals surface area contributed by atoms with E-state index in [4.69, 9.17) is 9.47 Å². The number of fused-ring (bicyclic) bond motifs is 2. The molecule has 0 N–H and O–H groups in total. The number of carbonyl (C=O) groups excluding carboxylic acids is 2. The molecule has 0 fully saturated rings. The summed E-state index contributed by atoms with van der Waals surface area (Å²) in [6, 6.07) is 11.3. The van der Waals surface area contributed by atoms with Gasteiger partial charge in [-0.1, -0.05) is 30.3 Å². The van der Waals surface area contributed by atoms with Crippen molar-refractivity contribution < 1.29 is 19.1 Å². The molecule has 1 heterocycles. The lowest BCUT2D eigenvalue weighted by Gasteiger charge is -2.16. The number of esters is 1. The van der Waals surface area contributed by atoms with Gasteiger partial charge in [-0.2, -0.15) is 0 Å². The van der Waals surface area contributed by atoms with Gasteiger partial charge < -0.3 is 14.3 Å². The van der Waals surface area contributed by atoms with Gasteiger partial charge in [0.15, 0.2) is 0 Å². The van der Waals surface area contributed by atoms with Gasteiger partial charge in [0.05, 0.1) is 13.0 Å². The SMILES string of the molecule is COC(=O)c1cc(C)cc2c1OCc1ccccc1C2C=O. The van der Waals surface area contributed by atoms with Crippen LogP contribution in [0.15, 0.2) is 36.4 Å². The van der Waals surface area contributed by atoms with Crippen molar-refractivity contribution in [3.63, 3.8) is 0 Å². The topological polar surface area (TPSA) is 52.6 Å². The third-order valence-corrected chi connectivity index (χ3v) is 3.90. The Kier molecular flexibility index (Phi) is 3.67. The van der Waals surface area contributed by atoms with Crippen molar-refractivity contribution >= 4 is 12.3 Å². The summed E-state index contributed by atoms with van der Waals surface area (Å²) >= 11 is 0.